The van der Waals surface area contributed by atoms with Crippen LogP contribution >= 0.6 is 0 Å². The first-order valence-electron chi connectivity index (χ1n) is 11.1. The maximum absolute atomic E-state index is 12.9. The summed E-state index contributed by atoms with van der Waals surface area (Å²) in [5.74, 6) is -2.40. The molecule has 2 aromatic carbocycles. The second kappa shape index (κ2) is 9.05. The van der Waals surface area contributed by atoms with Crippen molar-refractivity contribution in [2.75, 3.05) is 5.43 Å². The van der Waals surface area contributed by atoms with Gasteiger partial charge in [-0.05, 0) is 67.3 Å². The normalized spacial score (nSPS) is 24.1. The van der Waals surface area contributed by atoms with Crippen LogP contribution in [-0.4, -0.2) is 33.6 Å². The number of ketones is 1. The van der Waals surface area contributed by atoms with Gasteiger partial charge >= 0.3 is 5.97 Å². The number of aryl methyl sites for hydroxylation is 2. The van der Waals surface area contributed by atoms with E-state index in [2.05, 4.69) is 15.8 Å². The van der Waals surface area contributed by atoms with Crippen LogP contribution in [0.25, 0.3) is 0 Å². The van der Waals surface area contributed by atoms with Crippen molar-refractivity contribution in [1.82, 2.24) is 5.32 Å². The molecule has 4 N–H and O–H groups in total. The summed E-state index contributed by atoms with van der Waals surface area (Å²) < 4.78 is 0. The zero-order valence-electron chi connectivity index (χ0n) is 18.6. The molecule has 33 heavy (non-hydrogen) atoms. The van der Waals surface area contributed by atoms with Crippen LogP contribution in [0.3, 0.4) is 0 Å². The summed E-state index contributed by atoms with van der Waals surface area (Å²) >= 11 is 0. The maximum atomic E-state index is 12.9. The SMILES string of the molecule is Cc1ccc(C2NC(=O)/C(=N\Nc3cccc(C4CCCC(C(=O)O)C4)c3O)C2=O)cc1C. The van der Waals surface area contributed by atoms with E-state index in [4.69, 9.17) is 0 Å². The number of aliphatic carboxylic acids is 1. The molecular formula is C25H27N3O5. The first-order valence-corrected chi connectivity index (χ1v) is 11.1. The minimum atomic E-state index is -0.816. The Bertz CT molecular complexity index is 1160. The number of para-hydroxylation sites is 1. The number of phenols is 1. The van der Waals surface area contributed by atoms with Crippen LogP contribution in [0.4, 0.5) is 5.69 Å². The summed E-state index contributed by atoms with van der Waals surface area (Å²) in [5.41, 5.74) is 6.11. The van der Waals surface area contributed by atoms with Crippen molar-refractivity contribution in [1.29, 1.82) is 0 Å². The summed E-state index contributed by atoms with van der Waals surface area (Å²) in [4.78, 5) is 36.7. The van der Waals surface area contributed by atoms with Crippen molar-refractivity contribution in [2.45, 2.75) is 51.5 Å². The van der Waals surface area contributed by atoms with Crippen LogP contribution in [0.5, 0.6) is 5.75 Å². The molecule has 8 heteroatoms. The first kappa shape index (κ1) is 22.5. The number of phenolic OH excluding ortho intramolecular Hbond substituents is 1. The van der Waals surface area contributed by atoms with E-state index in [1.165, 1.54) is 0 Å². The van der Waals surface area contributed by atoms with Crippen molar-refractivity contribution in [3.05, 3.63) is 58.7 Å². The number of Topliss-reactive ketones (excluding diaryl/α,β-unsaturated/α-hetero) is 1. The molecular weight excluding hydrogens is 422 g/mol. The average molecular weight is 450 g/mol. The van der Waals surface area contributed by atoms with Gasteiger partial charge in [-0.1, -0.05) is 36.8 Å². The van der Waals surface area contributed by atoms with Crippen molar-refractivity contribution < 1.29 is 24.6 Å². The van der Waals surface area contributed by atoms with E-state index >= 15 is 0 Å². The molecule has 1 heterocycles. The Morgan fingerprint density at radius 1 is 1.12 bits per heavy atom. The largest absolute Gasteiger partial charge is 0.505 e. The van der Waals surface area contributed by atoms with Crippen LogP contribution in [-0.2, 0) is 14.4 Å². The van der Waals surface area contributed by atoms with Gasteiger partial charge in [0.15, 0.2) is 5.71 Å². The lowest BCUT2D eigenvalue weighted by atomic mass is 9.77. The molecule has 8 nitrogen and oxygen atoms in total. The maximum Gasteiger partial charge on any atom is 0.306 e. The number of rotatable bonds is 5. The Morgan fingerprint density at radius 3 is 2.64 bits per heavy atom. The number of anilines is 1. The predicted octanol–water partition coefficient (Wildman–Crippen LogP) is 3.58. The highest BCUT2D eigenvalue weighted by molar-refractivity contribution is 6.69. The first-order chi connectivity index (χ1) is 15.8. The highest BCUT2D eigenvalue weighted by atomic mass is 16.4. The number of carboxylic acids is 1. The van der Waals surface area contributed by atoms with Crippen molar-refractivity contribution in [3.8, 4) is 5.75 Å². The molecule has 4 rings (SSSR count). The number of hydrogen-bond acceptors (Lipinski definition) is 6. The monoisotopic (exact) mass is 449 g/mol. The zero-order chi connectivity index (χ0) is 23.7. The molecule has 2 fully saturated rings. The van der Waals surface area contributed by atoms with E-state index in [1.807, 2.05) is 32.0 Å². The Kier molecular flexibility index (Phi) is 6.18. The molecule has 1 saturated heterocycles. The molecule has 172 valence electrons. The van der Waals surface area contributed by atoms with Gasteiger partial charge in [-0.15, -0.1) is 0 Å². The minimum absolute atomic E-state index is 0.0468. The molecule has 2 aliphatic rings. The number of hydrazone groups is 1. The molecule has 3 atom stereocenters. The zero-order valence-corrected chi connectivity index (χ0v) is 18.6. The summed E-state index contributed by atoms with van der Waals surface area (Å²) in [7, 11) is 0. The molecule has 0 aromatic heterocycles. The van der Waals surface area contributed by atoms with E-state index < -0.39 is 29.6 Å². The Balaban J connectivity index is 1.53. The van der Waals surface area contributed by atoms with Crippen LogP contribution in [0.15, 0.2) is 41.5 Å². The van der Waals surface area contributed by atoms with Crippen LogP contribution in [0, 0.1) is 19.8 Å². The van der Waals surface area contributed by atoms with Gasteiger partial charge in [0, 0.05) is 0 Å². The number of carbonyl (C=O) groups is 3. The molecule has 3 unspecified atom stereocenters. The molecule has 1 aliphatic carbocycles. The topological polar surface area (TPSA) is 128 Å². The van der Waals surface area contributed by atoms with Crippen LogP contribution in [0.1, 0.15) is 59.9 Å². The smallest absolute Gasteiger partial charge is 0.306 e. The number of hydrogen-bond donors (Lipinski definition) is 4. The second-order valence-electron chi connectivity index (χ2n) is 8.83. The van der Waals surface area contributed by atoms with Gasteiger partial charge in [-0.3, -0.25) is 19.8 Å². The van der Waals surface area contributed by atoms with Gasteiger partial charge in [-0.25, -0.2) is 0 Å². The fraction of sp³-hybridized carbons (Fsp3) is 0.360. The Morgan fingerprint density at radius 2 is 1.91 bits per heavy atom. The summed E-state index contributed by atoms with van der Waals surface area (Å²) in [6, 6.07) is 9.89. The number of aromatic hydroxyl groups is 1. The van der Waals surface area contributed by atoms with Gasteiger partial charge in [-0.2, -0.15) is 5.10 Å². The van der Waals surface area contributed by atoms with E-state index in [-0.39, 0.29) is 23.1 Å². The van der Waals surface area contributed by atoms with Crippen molar-refractivity contribution in [3.63, 3.8) is 0 Å². The third kappa shape index (κ3) is 4.46. The number of amides is 1. The van der Waals surface area contributed by atoms with Crippen LogP contribution in [0.2, 0.25) is 0 Å². The molecule has 1 saturated carbocycles. The van der Waals surface area contributed by atoms with Gasteiger partial charge < -0.3 is 15.5 Å². The molecule has 1 aliphatic heterocycles. The lowest BCUT2D eigenvalue weighted by molar-refractivity contribution is -0.143. The summed E-state index contributed by atoms with van der Waals surface area (Å²) in [6.07, 6.45) is 2.65. The molecule has 1 amide bonds. The predicted molar refractivity (Wildman–Crippen MR) is 123 cm³/mol. The highest BCUT2D eigenvalue weighted by Crippen LogP contribution is 2.42. The highest BCUT2D eigenvalue weighted by Gasteiger charge is 2.39. The van der Waals surface area contributed by atoms with Gasteiger partial charge in [0.05, 0.1) is 11.6 Å². The number of carboxylic acid groups (broad SMARTS) is 1. The fourth-order valence-electron chi connectivity index (χ4n) is 4.59. The second-order valence-corrected chi connectivity index (χ2v) is 8.83. The van der Waals surface area contributed by atoms with Crippen molar-refractivity contribution in [2.24, 2.45) is 11.0 Å². The Labute approximate surface area is 191 Å². The number of nitrogens with zero attached hydrogens (tertiary/aromatic N) is 1. The molecule has 2 aromatic rings. The Hall–Kier alpha value is -3.68. The van der Waals surface area contributed by atoms with E-state index in [0.29, 0.717) is 24.0 Å². The third-order valence-electron chi connectivity index (χ3n) is 6.67. The molecule has 0 spiro atoms. The molecule has 0 radical (unpaired) electrons. The number of benzene rings is 2. The molecule has 0 bridgehead atoms. The van der Waals surface area contributed by atoms with Crippen molar-refractivity contribution >= 4 is 29.1 Å². The summed E-state index contributed by atoms with van der Waals surface area (Å²) in [6.45, 7) is 3.91. The lowest BCUT2D eigenvalue weighted by Gasteiger charge is -2.27. The summed E-state index contributed by atoms with van der Waals surface area (Å²) in [5, 5.41) is 26.8. The minimum Gasteiger partial charge on any atom is -0.505 e. The quantitative estimate of drug-likeness (QED) is 0.408. The number of nitrogens with one attached hydrogen (secondary N) is 2. The lowest BCUT2D eigenvalue weighted by Crippen LogP contribution is -2.22. The van der Waals surface area contributed by atoms with E-state index in [0.717, 1.165) is 24.0 Å². The fourth-order valence-corrected chi connectivity index (χ4v) is 4.59. The number of carbonyl (C=O) groups excluding carboxylic acids is 2. The van der Waals surface area contributed by atoms with Gasteiger partial charge in [0.2, 0.25) is 5.78 Å². The average Bonchev–Trinajstić information content (AvgIpc) is 3.08. The standard InChI is InChI=1S/C25H27N3O5/c1-13-9-10-16(11-14(13)2)20-23(30)21(24(31)26-20)28-27-19-8-4-7-18(22(19)29)15-5-3-6-17(12-15)25(32)33/h4,7-11,15,17,20,27,29H,3,5-6,12H2,1-2H3,(H,26,31)(H,32,33)/b28-21-. The van der Waals surface area contributed by atoms with Crippen LogP contribution < -0.4 is 10.7 Å². The van der Waals surface area contributed by atoms with Gasteiger partial charge in [0.1, 0.15) is 11.8 Å². The third-order valence-corrected chi connectivity index (χ3v) is 6.67. The van der Waals surface area contributed by atoms with Gasteiger partial charge in [0.25, 0.3) is 5.91 Å². The van der Waals surface area contributed by atoms with E-state index in [1.54, 1.807) is 18.2 Å². The van der Waals surface area contributed by atoms with E-state index in [9.17, 15) is 24.6 Å².